The Labute approximate surface area is 147 Å². The second-order valence-corrected chi connectivity index (χ2v) is 6.93. The molecule has 1 fully saturated rings. The van der Waals surface area contributed by atoms with Gasteiger partial charge in [-0.05, 0) is 18.6 Å². The van der Waals surface area contributed by atoms with Crippen LogP contribution in [0.2, 0.25) is 0 Å². The van der Waals surface area contributed by atoms with Gasteiger partial charge in [-0.1, -0.05) is 18.2 Å². The highest BCUT2D eigenvalue weighted by Crippen LogP contribution is 2.32. The number of rotatable bonds is 4. The summed E-state index contributed by atoms with van der Waals surface area (Å²) < 4.78 is 1.82. The first-order chi connectivity index (χ1) is 12.1. The highest BCUT2D eigenvalue weighted by Gasteiger charge is 2.34. The Hall–Kier alpha value is -2.31. The summed E-state index contributed by atoms with van der Waals surface area (Å²) in [6.07, 6.45) is 3.96. The molecule has 6 nitrogen and oxygen atoms in total. The fraction of sp³-hybridized carbons (Fsp3) is 0.421. The van der Waals surface area contributed by atoms with Crippen molar-refractivity contribution in [2.45, 2.75) is 19.4 Å². The van der Waals surface area contributed by atoms with Gasteiger partial charge in [-0.2, -0.15) is 5.10 Å². The number of benzene rings is 1. The maximum atomic E-state index is 9.79. The summed E-state index contributed by atoms with van der Waals surface area (Å²) in [5.74, 6) is 1.38. The van der Waals surface area contributed by atoms with Crippen molar-refractivity contribution in [3.05, 3.63) is 53.7 Å². The molecule has 2 atom stereocenters. The van der Waals surface area contributed by atoms with Gasteiger partial charge in [0.1, 0.15) is 5.82 Å². The van der Waals surface area contributed by atoms with Gasteiger partial charge in [0.25, 0.3) is 0 Å². The van der Waals surface area contributed by atoms with Crippen molar-refractivity contribution in [3.63, 3.8) is 0 Å². The molecule has 1 aliphatic rings. The van der Waals surface area contributed by atoms with Gasteiger partial charge in [0.2, 0.25) is 0 Å². The van der Waals surface area contributed by atoms with Gasteiger partial charge in [-0.15, -0.1) is 0 Å². The summed E-state index contributed by atoms with van der Waals surface area (Å²) >= 11 is 0. The lowest BCUT2D eigenvalue weighted by atomic mass is 9.92. The number of aliphatic hydroxyl groups is 1. The number of aromatic nitrogens is 4. The van der Waals surface area contributed by atoms with E-state index in [9.17, 15) is 5.11 Å². The molecule has 0 spiro atoms. The van der Waals surface area contributed by atoms with E-state index in [-0.39, 0.29) is 12.5 Å². The Kier molecular flexibility index (Phi) is 4.23. The largest absolute Gasteiger partial charge is 0.396 e. The van der Waals surface area contributed by atoms with E-state index >= 15 is 0 Å². The van der Waals surface area contributed by atoms with Crippen LogP contribution in [0.3, 0.4) is 0 Å². The molecule has 130 valence electrons. The van der Waals surface area contributed by atoms with Crippen LogP contribution in [0, 0.1) is 12.8 Å². The molecule has 0 saturated carbocycles. The van der Waals surface area contributed by atoms with Crippen LogP contribution in [0.1, 0.15) is 23.0 Å². The molecule has 1 aliphatic heterocycles. The van der Waals surface area contributed by atoms with Crippen molar-refractivity contribution >= 4 is 10.9 Å². The standard InChI is InChI=1S/C19H23N5O/c1-13-16-5-3-4-6-18(16)22-19(21-13)11-24-9-15(12-25)17(10-24)14-7-20-23(2)8-14/h3-8,15,17,25H,9-12H2,1-2H3/t15-,17-/m0/s1. The Morgan fingerprint density at radius 2 is 2.04 bits per heavy atom. The molecule has 6 heteroatoms. The smallest absolute Gasteiger partial charge is 0.143 e. The monoisotopic (exact) mass is 337 g/mol. The van der Waals surface area contributed by atoms with Gasteiger partial charge in [0.05, 0.1) is 18.3 Å². The molecule has 4 rings (SSSR count). The maximum Gasteiger partial charge on any atom is 0.143 e. The molecule has 1 N–H and O–H groups in total. The number of nitrogens with zero attached hydrogens (tertiary/aromatic N) is 5. The minimum atomic E-state index is 0.188. The number of aryl methyl sites for hydroxylation is 2. The number of hydrogen-bond donors (Lipinski definition) is 1. The molecule has 0 aliphatic carbocycles. The zero-order valence-corrected chi connectivity index (χ0v) is 14.6. The SMILES string of the molecule is Cc1nc(CN2C[C@@H](CO)[C@H](c3cnn(C)c3)C2)nc2ccccc12. The van der Waals surface area contributed by atoms with E-state index in [1.165, 1.54) is 5.56 Å². The molecule has 1 aromatic carbocycles. The van der Waals surface area contributed by atoms with Crippen LogP contribution < -0.4 is 0 Å². The lowest BCUT2D eigenvalue weighted by molar-refractivity contribution is 0.213. The van der Waals surface area contributed by atoms with Crippen molar-refractivity contribution in [2.24, 2.45) is 13.0 Å². The van der Waals surface area contributed by atoms with Gasteiger partial charge >= 0.3 is 0 Å². The molecule has 3 aromatic rings. The minimum Gasteiger partial charge on any atom is -0.396 e. The van der Waals surface area contributed by atoms with Crippen molar-refractivity contribution in [1.82, 2.24) is 24.6 Å². The third-order valence-electron chi connectivity index (χ3n) is 5.11. The number of fused-ring (bicyclic) bond motifs is 1. The van der Waals surface area contributed by atoms with E-state index < -0.39 is 0 Å². The van der Waals surface area contributed by atoms with Crippen LogP contribution in [0.25, 0.3) is 10.9 Å². The predicted molar refractivity (Wildman–Crippen MR) is 96.1 cm³/mol. The highest BCUT2D eigenvalue weighted by atomic mass is 16.3. The molecular formula is C19H23N5O. The van der Waals surface area contributed by atoms with E-state index in [2.05, 4.69) is 21.0 Å². The topological polar surface area (TPSA) is 67.1 Å². The maximum absolute atomic E-state index is 9.79. The molecule has 3 heterocycles. The molecule has 2 aromatic heterocycles. The first-order valence-corrected chi connectivity index (χ1v) is 8.68. The fourth-order valence-corrected chi connectivity index (χ4v) is 3.85. The summed E-state index contributed by atoms with van der Waals surface area (Å²) in [6, 6.07) is 8.12. The van der Waals surface area contributed by atoms with Crippen LogP contribution >= 0.6 is 0 Å². The van der Waals surface area contributed by atoms with Gasteiger partial charge in [-0.3, -0.25) is 9.58 Å². The lowest BCUT2D eigenvalue weighted by Crippen LogP contribution is -2.22. The molecule has 0 radical (unpaired) electrons. The second-order valence-electron chi connectivity index (χ2n) is 6.93. The number of aliphatic hydroxyl groups excluding tert-OH is 1. The summed E-state index contributed by atoms with van der Waals surface area (Å²) in [7, 11) is 1.93. The van der Waals surface area contributed by atoms with Crippen LogP contribution in [0.15, 0.2) is 36.7 Å². The zero-order chi connectivity index (χ0) is 17.4. The predicted octanol–water partition coefficient (Wildman–Crippen LogP) is 1.88. The van der Waals surface area contributed by atoms with Crippen molar-refractivity contribution in [3.8, 4) is 0 Å². The van der Waals surface area contributed by atoms with E-state index in [1.54, 1.807) is 0 Å². The first-order valence-electron chi connectivity index (χ1n) is 8.68. The Balaban J connectivity index is 1.55. The summed E-state index contributed by atoms with van der Waals surface area (Å²) in [5.41, 5.74) is 3.20. The molecular weight excluding hydrogens is 314 g/mol. The van der Waals surface area contributed by atoms with Gasteiger partial charge in [0.15, 0.2) is 0 Å². The Morgan fingerprint density at radius 1 is 1.20 bits per heavy atom. The van der Waals surface area contributed by atoms with Gasteiger partial charge in [0, 0.05) is 55.9 Å². The molecule has 25 heavy (non-hydrogen) atoms. The quantitative estimate of drug-likeness (QED) is 0.787. The van der Waals surface area contributed by atoms with E-state index in [0.29, 0.717) is 12.5 Å². The number of likely N-dealkylation sites (tertiary alicyclic amines) is 1. The van der Waals surface area contributed by atoms with Crippen LogP contribution in [0.5, 0.6) is 0 Å². The molecule has 0 unspecified atom stereocenters. The average Bonchev–Trinajstić information content (AvgIpc) is 3.20. The molecule has 0 amide bonds. The normalized spacial score (nSPS) is 21.2. The number of para-hydroxylation sites is 1. The van der Waals surface area contributed by atoms with Crippen LogP contribution in [0.4, 0.5) is 0 Å². The lowest BCUT2D eigenvalue weighted by Gasteiger charge is -2.15. The van der Waals surface area contributed by atoms with E-state index in [1.807, 2.05) is 49.2 Å². The third kappa shape index (κ3) is 3.15. The third-order valence-corrected chi connectivity index (χ3v) is 5.11. The zero-order valence-electron chi connectivity index (χ0n) is 14.6. The Morgan fingerprint density at radius 3 is 2.80 bits per heavy atom. The van der Waals surface area contributed by atoms with Crippen molar-refractivity contribution < 1.29 is 5.11 Å². The average molecular weight is 337 g/mol. The molecule has 1 saturated heterocycles. The van der Waals surface area contributed by atoms with E-state index in [4.69, 9.17) is 4.98 Å². The number of hydrogen-bond acceptors (Lipinski definition) is 5. The van der Waals surface area contributed by atoms with Crippen molar-refractivity contribution in [2.75, 3.05) is 19.7 Å². The van der Waals surface area contributed by atoms with Crippen LogP contribution in [-0.4, -0.2) is 49.5 Å². The minimum absolute atomic E-state index is 0.188. The van der Waals surface area contributed by atoms with Crippen LogP contribution in [-0.2, 0) is 13.6 Å². The van der Waals surface area contributed by atoms with Crippen molar-refractivity contribution in [1.29, 1.82) is 0 Å². The second kappa shape index (κ2) is 6.54. The van der Waals surface area contributed by atoms with Gasteiger partial charge in [-0.25, -0.2) is 9.97 Å². The van der Waals surface area contributed by atoms with E-state index in [0.717, 1.165) is 35.5 Å². The van der Waals surface area contributed by atoms with Gasteiger partial charge < -0.3 is 5.11 Å². The first kappa shape index (κ1) is 16.2. The summed E-state index contributed by atoms with van der Waals surface area (Å²) in [6.45, 7) is 4.68. The molecule has 0 bridgehead atoms. The fourth-order valence-electron chi connectivity index (χ4n) is 3.85. The Bertz CT molecular complexity index is 890. The summed E-state index contributed by atoms with van der Waals surface area (Å²) in [4.78, 5) is 11.7. The summed E-state index contributed by atoms with van der Waals surface area (Å²) in [5, 5.41) is 15.2. The highest BCUT2D eigenvalue weighted by molar-refractivity contribution is 5.80.